The van der Waals surface area contributed by atoms with Crippen LogP contribution in [-0.4, -0.2) is 18.2 Å². The Balaban J connectivity index is 2.14. The molecule has 0 radical (unpaired) electrons. The molecule has 0 aliphatic heterocycles. The van der Waals surface area contributed by atoms with E-state index in [1.165, 1.54) is 25.1 Å². The Bertz CT molecular complexity index is 1470. The molecular weight excluding hydrogens is 463 g/mol. The van der Waals surface area contributed by atoms with Crippen LogP contribution >= 0.6 is 0 Å². The van der Waals surface area contributed by atoms with Crippen LogP contribution in [-0.2, 0) is 27.4 Å². The van der Waals surface area contributed by atoms with Crippen LogP contribution < -0.4 is 0 Å². The molecule has 176 valence electrons. The molecule has 0 N–H and O–H groups in total. The number of Topliss-reactive ketones (excluding diaryl/α,β-unsaturated/α-hetero) is 1. The molecule has 34 heavy (non-hydrogen) atoms. The lowest BCUT2D eigenvalue weighted by molar-refractivity contribution is -0.137. The van der Waals surface area contributed by atoms with Crippen molar-refractivity contribution in [3.63, 3.8) is 0 Å². The molecule has 0 saturated carbocycles. The number of aryl methyl sites for hydroxylation is 1. The minimum atomic E-state index is -4.65. The lowest BCUT2D eigenvalue weighted by Gasteiger charge is -2.14. The molecule has 0 aliphatic rings. The third-order valence-corrected chi connectivity index (χ3v) is 7.45. The van der Waals surface area contributed by atoms with Gasteiger partial charge in [-0.3, -0.25) is 0 Å². The van der Waals surface area contributed by atoms with E-state index in [1.807, 2.05) is 6.92 Å². The van der Waals surface area contributed by atoms with Gasteiger partial charge in [-0.05, 0) is 50.1 Å². The second kappa shape index (κ2) is 8.76. The maximum atomic E-state index is 13.8. The van der Waals surface area contributed by atoms with Gasteiger partial charge in [-0.15, -0.1) is 0 Å². The third-order valence-electron chi connectivity index (χ3n) is 5.68. The largest absolute Gasteiger partial charge is 0.416 e. The number of rotatable bonds is 6. The van der Waals surface area contributed by atoms with E-state index in [-0.39, 0.29) is 34.7 Å². The Hall–Kier alpha value is -3.39. The Labute approximate surface area is 195 Å². The maximum absolute atomic E-state index is 13.8. The predicted octanol–water partition coefficient (Wildman–Crippen LogP) is 6.39. The molecule has 0 aliphatic carbocycles. The molecule has 0 spiro atoms. The van der Waals surface area contributed by atoms with Crippen LogP contribution in [0.25, 0.3) is 22.0 Å². The highest BCUT2D eigenvalue weighted by Gasteiger charge is 2.33. The molecule has 4 aromatic rings. The minimum absolute atomic E-state index is 0.0453. The van der Waals surface area contributed by atoms with E-state index in [2.05, 4.69) is 0 Å². The average molecular weight is 486 g/mol. The number of hydrogen-bond donors (Lipinski definition) is 0. The molecule has 4 nitrogen and oxygen atoms in total. The zero-order valence-electron chi connectivity index (χ0n) is 18.6. The zero-order valence-corrected chi connectivity index (χ0v) is 19.4. The molecule has 0 saturated heterocycles. The van der Waals surface area contributed by atoms with Crippen LogP contribution in [0.15, 0.2) is 77.7 Å². The van der Waals surface area contributed by atoms with Gasteiger partial charge in [0, 0.05) is 23.1 Å². The van der Waals surface area contributed by atoms with Crippen molar-refractivity contribution in [3.8, 4) is 11.1 Å². The summed E-state index contributed by atoms with van der Waals surface area (Å²) >= 11 is 0. The van der Waals surface area contributed by atoms with Gasteiger partial charge in [0.2, 0.25) is 0 Å². The van der Waals surface area contributed by atoms with Crippen molar-refractivity contribution >= 4 is 26.7 Å². The normalized spacial score (nSPS) is 12.3. The fraction of sp³-hybridized carbons (Fsp3) is 0.192. The number of nitrogens with zero attached hydrogens (tertiary/aromatic N) is 1. The van der Waals surface area contributed by atoms with Gasteiger partial charge in [0.15, 0.2) is 0 Å². The molecule has 3 aromatic carbocycles. The van der Waals surface area contributed by atoms with E-state index in [0.29, 0.717) is 16.5 Å². The van der Waals surface area contributed by atoms with E-state index >= 15 is 0 Å². The van der Waals surface area contributed by atoms with Crippen molar-refractivity contribution in [2.45, 2.75) is 37.8 Å². The summed E-state index contributed by atoms with van der Waals surface area (Å²) < 4.78 is 69.4. The van der Waals surface area contributed by atoms with Crippen molar-refractivity contribution in [1.82, 2.24) is 3.97 Å². The van der Waals surface area contributed by atoms with Gasteiger partial charge in [0.05, 0.1) is 16.0 Å². The SMILES string of the molecule is CC(=O)CCc1c(-c2ccccc2)c2ccc(C(F)(F)F)cc2n1S(=O)(=O)c1ccc(C)cc1. The van der Waals surface area contributed by atoms with Gasteiger partial charge in [-0.2, -0.15) is 13.2 Å². The lowest BCUT2D eigenvalue weighted by Crippen LogP contribution is -2.17. The highest BCUT2D eigenvalue weighted by Crippen LogP contribution is 2.40. The fourth-order valence-corrected chi connectivity index (χ4v) is 5.60. The number of carbonyl (C=O) groups is 1. The third kappa shape index (κ3) is 4.37. The topological polar surface area (TPSA) is 56.1 Å². The van der Waals surface area contributed by atoms with Gasteiger partial charge in [0.25, 0.3) is 10.0 Å². The number of ketones is 1. The molecule has 4 rings (SSSR count). The van der Waals surface area contributed by atoms with Gasteiger partial charge in [-0.1, -0.05) is 54.1 Å². The summed E-state index contributed by atoms with van der Waals surface area (Å²) in [6.07, 6.45) is -4.55. The number of fused-ring (bicyclic) bond motifs is 1. The number of alkyl halides is 3. The second-order valence-electron chi connectivity index (χ2n) is 8.20. The Morgan fingerprint density at radius 1 is 0.941 bits per heavy atom. The average Bonchev–Trinajstić information content (AvgIpc) is 3.12. The molecule has 0 fully saturated rings. The number of halogens is 3. The summed E-state index contributed by atoms with van der Waals surface area (Å²) in [5, 5.41) is 0.369. The van der Waals surface area contributed by atoms with Crippen molar-refractivity contribution in [2.24, 2.45) is 0 Å². The Morgan fingerprint density at radius 2 is 1.59 bits per heavy atom. The summed E-state index contributed by atoms with van der Waals surface area (Å²) in [4.78, 5) is 11.8. The zero-order chi connectivity index (χ0) is 24.7. The highest BCUT2D eigenvalue weighted by molar-refractivity contribution is 7.90. The summed E-state index contributed by atoms with van der Waals surface area (Å²) in [6.45, 7) is 3.20. The van der Waals surface area contributed by atoms with Crippen molar-refractivity contribution in [3.05, 3.63) is 89.6 Å². The van der Waals surface area contributed by atoms with Crippen LogP contribution in [0, 0.1) is 6.92 Å². The minimum Gasteiger partial charge on any atom is -0.300 e. The first-order chi connectivity index (χ1) is 16.0. The molecule has 1 heterocycles. The van der Waals surface area contributed by atoms with E-state index < -0.39 is 21.8 Å². The fourth-order valence-electron chi connectivity index (χ4n) is 4.03. The summed E-state index contributed by atoms with van der Waals surface area (Å²) in [5.74, 6) is -0.153. The molecular formula is C26H22F3NO3S. The number of hydrogen-bond acceptors (Lipinski definition) is 3. The van der Waals surface area contributed by atoms with E-state index in [9.17, 15) is 26.4 Å². The summed E-state index contributed by atoms with van der Waals surface area (Å²) in [7, 11) is -4.27. The number of carbonyl (C=O) groups excluding carboxylic acids is 1. The van der Waals surface area contributed by atoms with E-state index in [0.717, 1.165) is 21.7 Å². The predicted molar refractivity (Wildman–Crippen MR) is 125 cm³/mol. The molecule has 1 aromatic heterocycles. The lowest BCUT2D eigenvalue weighted by atomic mass is 9.99. The van der Waals surface area contributed by atoms with Gasteiger partial charge in [-0.25, -0.2) is 12.4 Å². The number of aromatic nitrogens is 1. The van der Waals surface area contributed by atoms with Gasteiger partial charge < -0.3 is 4.79 Å². The maximum Gasteiger partial charge on any atom is 0.416 e. The van der Waals surface area contributed by atoms with Crippen LogP contribution in [0.5, 0.6) is 0 Å². The monoisotopic (exact) mass is 485 g/mol. The molecule has 0 atom stereocenters. The standard InChI is InChI=1S/C26H22F3NO3S/c1-17-8-12-21(13-9-17)34(32,33)30-23(15-10-18(2)31)25(19-6-4-3-5-7-19)22-14-11-20(16-24(22)30)26(27,28)29/h3-9,11-14,16H,10,15H2,1-2H3. The first-order valence-electron chi connectivity index (χ1n) is 10.6. The van der Waals surface area contributed by atoms with Crippen LogP contribution in [0.2, 0.25) is 0 Å². The summed E-state index contributed by atoms with van der Waals surface area (Å²) in [6, 6.07) is 18.1. The van der Waals surface area contributed by atoms with Crippen LogP contribution in [0.1, 0.15) is 30.2 Å². The molecule has 0 bridgehead atoms. The second-order valence-corrected chi connectivity index (χ2v) is 9.99. The first-order valence-corrected chi connectivity index (χ1v) is 12.1. The van der Waals surface area contributed by atoms with Crippen molar-refractivity contribution in [2.75, 3.05) is 0 Å². The molecule has 0 amide bonds. The quantitative estimate of drug-likeness (QED) is 0.318. The highest BCUT2D eigenvalue weighted by atomic mass is 32.2. The smallest absolute Gasteiger partial charge is 0.300 e. The Kier molecular flexibility index (Phi) is 6.12. The van der Waals surface area contributed by atoms with Gasteiger partial charge >= 0.3 is 6.18 Å². The van der Waals surface area contributed by atoms with Crippen LogP contribution in [0.3, 0.4) is 0 Å². The Morgan fingerprint density at radius 3 is 2.18 bits per heavy atom. The van der Waals surface area contributed by atoms with Crippen molar-refractivity contribution in [1.29, 1.82) is 0 Å². The number of benzene rings is 3. The summed E-state index contributed by atoms with van der Waals surface area (Å²) in [5.41, 5.74) is 1.25. The molecule has 0 unspecified atom stereocenters. The van der Waals surface area contributed by atoms with E-state index in [1.54, 1.807) is 42.5 Å². The molecule has 8 heteroatoms. The first kappa shape index (κ1) is 23.8. The van der Waals surface area contributed by atoms with Crippen LogP contribution in [0.4, 0.5) is 13.2 Å². The van der Waals surface area contributed by atoms with Crippen molar-refractivity contribution < 1.29 is 26.4 Å². The van der Waals surface area contributed by atoms with E-state index in [4.69, 9.17) is 0 Å². The van der Waals surface area contributed by atoms with Gasteiger partial charge in [0.1, 0.15) is 5.78 Å².